The van der Waals surface area contributed by atoms with E-state index < -0.39 is 21.7 Å². The number of amides is 1. The first-order valence-electron chi connectivity index (χ1n) is 9.66. The van der Waals surface area contributed by atoms with Crippen LogP contribution in [0.2, 0.25) is 0 Å². The molecule has 31 heavy (non-hydrogen) atoms. The van der Waals surface area contributed by atoms with Gasteiger partial charge in [-0.2, -0.15) is 0 Å². The number of carbonyl (C=O) groups is 1. The molecule has 0 heterocycles. The van der Waals surface area contributed by atoms with Gasteiger partial charge in [0, 0.05) is 5.56 Å². The zero-order valence-electron chi connectivity index (χ0n) is 17.1. The first-order chi connectivity index (χ1) is 14.8. The number of para-hydroxylation sites is 1. The predicted octanol–water partition coefficient (Wildman–Crippen LogP) is 4.52. The molecule has 0 aliphatic carbocycles. The first-order valence-corrected chi connectivity index (χ1v) is 11.1. The van der Waals surface area contributed by atoms with E-state index in [0.29, 0.717) is 12.2 Å². The summed E-state index contributed by atoms with van der Waals surface area (Å²) in [5, 5.41) is 2.92. The zero-order valence-corrected chi connectivity index (χ0v) is 17.9. The fourth-order valence-corrected chi connectivity index (χ4v) is 4.16. The maximum absolute atomic E-state index is 13.8. The lowest BCUT2D eigenvalue weighted by Gasteiger charge is -2.18. The number of methoxy groups -OCH3 is 1. The van der Waals surface area contributed by atoms with Crippen molar-refractivity contribution in [2.24, 2.45) is 0 Å². The molecule has 0 radical (unpaired) electrons. The van der Waals surface area contributed by atoms with E-state index in [2.05, 4.69) is 10.0 Å². The molecule has 0 fully saturated rings. The van der Waals surface area contributed by atoms with Gasteiger partial charge in [0.25, 0.3) is 15.9 Å². The number of ether oxygens (including phenoxy) is 1. The number of carbonyl (C=O) groups excluding carboxylic acids is 1. The van der Waals surface area contributed by atoms with Crippen molar-refractivity contribution in [3.05, 3.63) is 89.7 Å². The van der Waals surface area contributed by atoms with Crippen LogP contribution < -0.4 is 14.8 Å². The average molecular weight is 443 g/mol. The molecule has 162 valence electrons. The third-order valence-electron chi connectivity index (χ3n) is 4.76. The molecule has 0 bridgehead atoms. The molecule has 3 rings (SSSR count). The number of benzene rings is 3. The average Bonchev–Trinajstić information content (AvgIpc) is 2.79. The van der Waals surface area contributed by atoms with E-state index in [0.717, 1.165) is 11.6 Å². The first kappa shape index (κ1) is 22.3. The smallest absolute Gasteiger partial charge is 0.262 e. The van der Waals surface area contributed by atoms with Crippen molar-refractivity contribution in [3.63, 3.8) is 0 Å². The van der Waals surface area contributed by atoms with E-state index in [-0.39, 0.29) is 22.2 Å². The summed E-state index contributed by atoms with van der Waals surface area (Å²) in [4.78, 5) is 12.7. The van der Waals surface area contributed by atoms with E-state index in [9.17, 15) is 17.6 Å². The van der Waals surface area contributed by atoms with Gasteiger partial charge >= 0.3 is 0 Å². The number of hydrogen-bond acceptors (Lipinski definition) is 4. The normalized spacial score (nSPS) is 12.1. The van der Waals surface area contributed by atoms with E-state index in [4.69, 9.17) is 4.74 Å². The Morgan fingerprint density at radius 3 is 2.39 bits per heavy atom. The van der Waals surface area contributed by atoms with Crippen molar-refractivity contribution in [1.82, 2.24) is 5.32 Å². The lowest BCUT2D eigenvalue weighted by atomic mass is 10.0. The standard InChI is InChI=1S/C23H23FN2O4S/c1-3-21(16-11-13-18(30-2)14-12-16)25-23(27)17-7-6-8-19(15-17)31(28,29)26-22-10-5-4-9-20(22)24/h4-15,21,26H,3H2,1-2H3,(H,25,27)/t21-/m1/s1. The quantitative estimate of drug-likeness (QED) is 0.537. The van der Waals surface area contributed by atoms with Crippen molar-refractivity contribution in [2.75, 3.05) is 11.8 Å². The predicted molar refractivity (Wildman–Crippen MR) is 117 cm³/mol. The van der Waals surface area contributed by atoms with E-state index in [1.165, 1.54) is 42.5 Å². The minimum Gasteiger partial charge on any atom is -0.497 e. The van der Waals surface area contributed by atoms with Crippen LogP contribution >= 0.6 is 0 Å². The van der Waals surface area contributed by atoms with Gasteiger partial charge in [-0.05, 0) is 54.4 Å². The molecular weight excluding hydrogens is 419 g/mol. The largest absolute Gasteiger partial charge is 0.497 e. The number of nitrogens with one attached hydrogen (secondary N) is 2. The molecule has 0 aromatic heterocycles. The highest BCUT2D eigenvalue weighted by molar-refractivity contribution is 7.92. The monoisotopic (exact) mass is 442 g/mol. The van der Waals surface area contributed by atoms with Crippen LogP contribution in [-0.4, -0.2) is 21.4 Å². The Labute approximate surface area is 181 Å². The molecule has 0 saturated heterocycles. The SMILES string of the molecule is CC[C@@H](NC(=O)c1cccc(S(=O)(=O)Nc2ccccc2F)c1)c1ccc(OC)cc1. The third kappa shape index (κ3) is 5.40. The maximum Gasteiger partial charge on any atom is 0.262 e. The summed E-state index contributed by atoms with van der Waals surface area (Å²) in [6.45, 7) is 1.94. The third-order valence-corrected chi connectivity index (χ3v) is 6.12. The lowest BCUT2D eigenvalue weighted by Crippen LogP contribution is -2.28. The van der Waals surface area contributed by atoms with Gasteiger partial charge < -0.3 is 10.1 Å². The van der Waals surface area contributed by atoms with Crippen molar-refractivity contribution in [1.29, 1.82) is 0 Å². The lowest BCUT2D eigenvalue weighted by molar-refractivity contribution is 0.0935. The van der Waals surface area contributed by atoms with Crippen LogP contribution in [0.25, 0.3) is 0 Å². The molecule has 0 spiro atoms. The highest BCUT2D eigenvalue weighted by atomic mass is 32.2. The number of halogens is 1. The second-order valence-corrected chi connectivity index (χ2v) is 8.50. The molecule has 3 aromatic rings. The van der Waals surface area contributed by atoms with Gasteiger partial charge in [0.2, 0.25) is 0 Å². The fourth-order valence-electron chi connectivity index (χ4n) is 3.05. The molecule has 3 aromatic carbocycles. The Kier molecular flexibility index (Phi) is 6.91. The van der Waals surface area contributed by atoms with Gasteiger partial charge in [-0.25, -0.2) is 12.8 Å². The zero-order chi connectivity index (χ0) is 22.4. The van der Waals surface area contributed by atoms with Crippen LogP contribution in [0.4, 0.5) is 10.1 Å². The number of anilines is 1. The molecule has 2 N–H and O–H groups in total. The van der Waals surface area contributed by atoms with E-state index in [1.807, 2.05) is 31.2 Å². The van der Waals surface area contributed by atoms with Crippen molar-refractivity contribution < 1.29 is 22.3 Å². The summed E-state index contributed by atoms with van der Waals surface area (Å²) in [5.74, 6) is -0.388. The number of hydrogen-bond donors (Lipinski definition) is 2. The van der Waals surface area contributed by atoms with Gasteiger partial charge in [0.1, 0.15) is 11.6 Å². The molecule has 6 nitrogen and oxygen atoms in total. The van der Waals surface area contributed by atoms with Crippen LogP contribution in [-0.2, 0) is 10.0 Å². The second-order valence-electron chi connectivity index (χ2n) is 6.82. The summed E-state index contributed by atoms with van der Waals surface area (Å²) in [7, 11) is -2.49. The fraction of sp³-hybridized carbons (Fsp3) is 0.174. The molecule has 8 heteroatoms. The summed E-state index contributed by atoms with van der Waals surface area (Å²) >= 11 is 0. The number of sulfonamides is 1. The van der Waals surface area contributed by atoms with Crippen LogP contribution in [0.3, 0.4) is 0 Å². The summed E-state index contributed by atoms with van der Waals surface area (Å²) in [6, 6.07) is 18.2. The van der Waals surface area contributed by atoms with Crippen LogP contribution in [0.5, 0.6) is 5.75 Å². The van der Waals surface area contributed by atoms with Crippen molar-refractivity contribution in [3.8, 4) is 5.75 Å². The molecule has 0 saturated carbocycles. The van der Waals surface area contributed by atoms with Gasteiger partial charge in [-0.15, -0.1) is 0 Å². The Morgan fingerprint density at radius 1 is 1.03 bits per heavy atom. The number of rotatable bonds is 8. The Hall–Kier alpha value is -3.39. The maximum atomic E-state index is 13.8. The highest BCUT2D eigenvalue weighted by Gasteiger charge is 2.19. The van der Waals surface area contributed by atoms with E-state index in [1.54, 1.807) is 7.11 Å². The van der Waals surface area contributed by atoms with Crippen molar-refractivity contribution >= 4 is 21.6 Å². The van der Waals surface area contributed by atoms with Gasteiger partial charge in [-0.1, -0.05) is 37.3 Å². The minimum atomic E-state index is -4.07. The highest BCUT2D eigenvalue weighted by Crippen LogP contribution is 2.22. The molecular formula is C23H23FN2O4S. The summed E-state index contributed by atoms with van der Waals surface area (Å²) in [5.41, 5.74) is 0.924. The topological polar surface area (TPSA) is 84.5 Å². The Balaban J connectivity index is 1.79. The molecule has 0 aliphatic rings. The Bertz CT molecular complexity index is 1160. The molecule has 1 atom stereocenters. The van der Waals surface area contributed by atoms with E-state index >= 15 is 0 Å². The summed E-state index contributed by atoms with van der Waals surface area (Å²) in [6.07, 6.45) is 0.644. The van der Waals surface area contributed by atoms with Gasteiger partial charge in [0.05, 0.1) is 23.7 Å². The second kappa shape index (κ2) is 9.61. The van der Waals surface area contributed by atoms with Gasteiger partial charge in [0.15, 0.2) is 0 Å². The summed E-state index contributed by atoms with van der Waals surface area (Å²) < 4.78 is 46.5. The van der Waals surface area contributed by atoms with Crippen molar-refractivity contribution in [2.45, 2.75) is 24.3 Å². The van der Waals surface area contributed by atoms with Crippen LogP contribution in [0, 0.1) is 5.82 Å². The van der Waals surface area contributed by atoms with Gasteiger partial charge in [-0.3, -0.25) is 9.52 Å². The van der Waals surface area contributed by atoms with Crippen LogP contribution in [0.1, 0.15) is 35.3 Å². The molecule has 1 amide bonds. The molecule has 0 aliphatic heterocycles. The minimum absolute atomic E-state index is 0.138. The molecule has 0 unspecified atom stereocenters. The Morgan fingerprint density at radius 2 is 1.74 bits per heavy atom. The van der Waals surface area contributed by atoms with Crippen LogP contribution in [0.15, 0.2) is 77.7 Å².